The van der Waals surface area contributed by atoms with Crippen molar-refractivity contribution >= 4 is 5.78 Å². The fourth-order valence-electron chi connectivity index (χ4n) is 1.72. The second-order valence-corrected chi connectivity index (χ2v) is 3.96. The molecule has 0 radical (unpaired) electrons. The first-order chi connectivity index (χ1) is 8.74. The van der Waals surface area contributed by atoms with Gasteiger partial charge in [0.1, 0.15) is 6.07 Å². The lowest BCUT2D eigenvalue weighted by Gasteiger charge is -2.04. The van der Waals surface area contributed by atoms with Crippen LogP contribution in [0.5, 0.6) is 0 Å². The average Bonchev–Trinajstić information content (AvgIpc) is 2.86. The molecule has 0 amide bonds. The number of rotatable bonds is 4. The van der Waals surface area contributed by atoms with E-state index >= 15 is 0 Å². The molecule has 0 aliphatic heterocycles. The summed E-state index contributed by atoms with van der Waals surface area (Å²) in [6, 6.07) is 9.50. The number of ketones is 1. The highest BCUT2D eigenvalue weighted by Crippen LogP contribution is 2.08. The van der Waals surface area contributed by atoms with E-state index in [1.165, 1.54) is 11.8 Å². The van der Waals surface area contributed by atoms with Gasteiger partial charge in [-0.25, -0.2) is 4.98 Å². The van der Waals surface area contributed by atoms with Crippen LogP contribution < -0.4 is 0 Å². The third kappa shape index (κ3) is 2.46. The van der Waals surface area contributed by atoms with Crippen LogP contribution in [0.4, 0.5) is 0 Å². The van der Waals surface area contributed by atoms with Crippen molar-refractivity contribution in [2.75, 3.05) is 0 Å². The second kappa shape index (κ2) is 5.28. The van der Waals surface area contributed by atoms with Gasteiger partial charge in [0.2, 0.25) is 5.82 Å². The molecule has 4 heteroatoms. The lowest BCUT2D eigenvalue weighted by molar-refractivity contribution is 0.0971. The van der Waals surface area contributed by atoms with E-state index in [9.17, 15) is 4.79 Å². The quantitative estimate of drug-likeness (QED) is 0.768. The van der Waals surface area contributed by atoms with Crippen LogP contribution in [0.1, 0.15) is 28.7 Å². The van der Waals surface area contributed by atoms with E-state index in [0.717, 1.165) is 6.42 Å². The van der Waals surface area contributed by atoms with Gasteiger partial charge in [-0.2, -0.15) is 5.26 Å². The molecule has 90 valence electrons. The first-order valence-electron chi connectivity index (χ1n) is 5.78. The molecule has 4 nitrogen and oxygen atoms in total. The molecule has 0 saturated carbocycles. The summed E-state index contributed by atoms with van der Waals surface area (Å²) in [5, 5.41) is 8.81. The summed E-state index contributed by atoms with van der Waals surface area (Å²) >= 11 is 0. The Bertz CT molecular complexity index is 590. The minimum absolute atomic E-state index is 0.0212. The Morgan fingerprint density at radius 3 is 2.72 bits per heavy atom. The zero-order valence-electron chi connectivity index (χ0n) is 10.1. The molecule has 2 rings (SSSR count). The molecule has 0 bridgehead atoms. The van der Waals surface area contributed by atoms with Crippen LogP contribution >= 0.6 is 0 Å². The minimum atomic E-state index is -0.0212. The Morgan fingerprint density at radius 2 is 2.11 bits per heavy atom. The first-order valence-corrected chi connectivity index (χ1v) is 5.78. The van der Waals surface area contributed by atoms with Gasteiger partial charge in [-0.1, -0.05) is 31.2 Å². The molecule has 1 aromatic carbocycles. The molecular weight excluding hydrogens is 226 g/mol. The molecule has 0 spiro atoms. The zero-order chi connectivity index (χ0) is 13.0. The number of carbonyl (C=O) groups is 1. The van der Waals surface area contributed by atoms with Gasteiger partial charge in [-0.3, -0.25) is 4.79 Å². The molecule has 0 aliphatic rings. The Labute approximate surface area is 106 Å². The summed E-state index contributed by atoms with van der Waals surface area (Å²) < 4.78 is 1.55. The summed E-state index contributed by atoms with van der Waals surface area (Å²) in [4.78, 5) is 15.9. The Kier molecular flexibility index (Phi) is 3.54. The maximum Gasteiger partial charge on any atom is 0.213 e. The van der Waals surface area contributed by atoms with E-state index in [-0.39, 0.29) is 18.2 Å². The van der Waals surface area contributed by atoms with Crippen molar-refractivity contribution in [2.24, 2.45) is 0 Å². The van der Waals surface area contributed by atoms with Crippen LogP contribution in [0.15, 0.2) is 36.7 Å². The number of nitriles is 1. The van der Waals surface area contributed by atoms with Crippen molar-refractivity contribution in [3.63, 3.8) is 0 Å². The third-order valence-corrected chi connectivity index (χ3v) is 2.81. The summed E-state index contributed by atoms with van der Waals surface area (Å²) in [6.07, 6.45) is 4.11. The van der Waals surface area contributed by atoms with Gasteiger partial charge in [0.25, 0.3) is 0 Å². The number of aromatic nitrogens is 2. The Balaban J connectivity index is 2.15. The average molecular weight is 239 g/mol. The second-order valence-electron chi connectivity index (χ2n) is 3.96. The van der Waals surface area contributed by atoms with Crippen molar-refractivity contribution < 1.29 is 4.79 Å². The fourth-order valence-corrected chi connectivity index (χ4v) is 1.72. The lowest BCUT2D eigenvalue weighted by atomic mass is 10.1. The fraction of sp³-hybridized carbons (Fsp3) is 0.214. The van der Waals surface area contributed by atoms with E-state index in [1.54, 1.807) is 10.8 Å². The normalized spacial score (nSPS) is 10.0. The molecule has 0 aliphatic carbocycles. The summed E-state index contributed by atoms with van der Waals surface area (Å²) in [5.41, 5.74) is 1.86. The van der Waals surface area contributed by atoms with Crippen molar-refractivity contribution in [3.8, 4) is 6.07 Å². The Morgan fingerprint density at radius 1 is 1.39 bits per heavy atom. The number of hydrogen-bond acceptors (Lipinski definition) is 3. The van der Waals surface area contributed by atoms with Crippen molar-refractivity contribution in [1.29, 1.82) is 5.26 Å². The predicted molar refractivity (Wildman–Crippen MR) is 67.1 cm³/mol. The standard InChI is InChI=1S/C14H13N3O/c1-2-11-3-5-12(6-4-11)13(18)10-17-8-7-16-14(17)9-15/h3-8H,2,10H2,1H3. The highest BCUT2D eigenvalue weighted by Gasteiger charge is 2.09. The molecule has 0 N–H and O–H groups in total. The van der Waals surface area contributed by atoms with Gasteiger partial charge in [0.15, 0.2) is 5.78 Å². The SMILES string of the molecule is CCc1ccc(C(=O)Cn2ccnc2C#N)cc1. The van der Waals surface area contributed by atoms with Gasteiger partial charge in [-0.15, -0.1) is 0 Å². The van der Waals surface area contributed by atoms with E-state index in [0.29, 0.717) is 5.56 Å². The van der Waals surface area contributed by atoms with Gasteiger partial charge >= 0.3 is 0 Å². The molecule has 18 heavy (non-hydrogen) atoms. The van der Waals surface area contributed by atoms with Gasteiger partial charge in [-0.05, 0) is 12.0 Å². The van der Waals surface area contributed by atoms with E-state index in [1.807, 2.05) is 30.3 Å². The summed E-state index contributed by atoms with van der Waals surface area (Å²) in [6.45, 7) is 2.22. The topological polar surface area (TPSA) is 58.7 Å². The van der Waals surface area contributed by atoms with Crippen LogP contribution in [0.2, 0.25) is 0 Å². The molecule has 0 unspecified atom stereocenters. The molecule has 2 aromatic rings. The van der Waals surface area contributed by atoms with Gasteiger partial charge in [0, 0.05) is 18.0 Å². The first kappa shape index (κ1) is 12.1. The van der Waals surface area contributed by atoms with E-state index in [4.69, 9.17) is 5.26 Å². The van der Waals surface area contributed by atoms with Crippen molar-refractivity contribution in [2.45, 2.75) is 19.9 Å². The molecule has 1 heterocycles. The maximum absolute atomic E-state index is 12.0. The molecule has 0 fully saturated rings. The van der Waals surface area contributed by atoms with Crippen LogP contribution in [0.25, 0.3) is 0 Å². The monoisotopic (exact) mass is 239 g/mol. The largest absolute Gasteiger partial charge is 0.315 e. The summed E-state index contributed by atoms with van der Waals surface area (Å²) in [7, 11) is 0. The molecule has 0 saturated heterocycles. The zero-order valence-corrected chi connectivity index (χ0v) is 10.1. The number of hydrogen-bond donors (Lipinski definition) is 0. The van der Waals surface area contributed by atoms with Crippen LogP contribution in [0.3, 0.4) is 0 Å². The molecule has 1 aromatic heterocycles. The number of nitrogens with zero attached hydrogens (tertiary/aromatic N) is 3. The molecular formula is C14H13N3O. The van der Waals surface area contributed by atoms with E-state index in [2.05, 4.69) is 11.9 Å². The number of aryl methyl sites for hydroxylation is 1. The van der Waals surface area contributed by atoms with Crippen LogP contribution in [-0.2, 0) is 13.0 Å². The van der Waals surface area contributed by atoms with Gasteiger partial charge < -0.3 is 4.57 Å². The van der Waals surface area contributed by atoms with Crippen LogP contribution in [0, 0.1) is 11.3 Å². The minimum Gasteiger partial charge on any atom is -0.315 e. The maximum atomic E-state index is 12.0. The highest BCUT2D eigenvalue weighted by molar-refractivity contribution is 5.95. The third-order valence-electron chi connectivity index (χ3n) is 2.81. The number of benzene rings is 1. The number of carbonyl (C=O) groups excluding carboxylic acids is 1. The highest BCUT2D eigenvalue weighted by atomic mass is 16.1. The number of Topliss-reactive ketones (excluding diaryl/α,β-unsaturated/α-hetero) is 1. The number of imidazole rings is 1. The molecule has 0 atom stereocenters. The van der Waals surface area contributed by atoms with Gasteiger partial charge in [0.05, 0.1) is 6.54 Å². The van der Waals surface area contributed by atoms with Crippen molar-refractivity contribution in [1.82, 2.24) is 9.55 Å². The summed E-state index contributed by atoms with van der Waals surface area (Å²) in [5.74, 6) is 0.237. The van der Waals surface area contributed by atoms with Crippen LogP contribution in [-0.4, -0.2) is 15.3 Å². The van der Waals surface area contributed by atoms with Crippen molar-refractivity contribution in [3.05, 3.63) is 53.6 Å². The van der Waals surface area contributed by atoms with E-state index < -0.39 is 0 Å². The lowest BCUT2D eigenvalue weighted by Crippen LogP contribution is -2.11. The smallest absolute Gasteiger partial charge is 0.213 e. The predicted octanol–water partition coefficient (Wildman–Crippen LogP) is 2.20. The Hall–Kier alpha value is -2.41.